The van der Waals surface area contributed by atoms with Crippen molar-refractivity contribution in [2.45, 2.75) is 82.0 Å². The van der Waals surface area contributed by atoms with E-state index in [1.807, 2.05) is 41.5 Å². The summed E-state index contributed by atoms with van der Waals surface area (Å²) in [5.41, 5.74) is 0. The number of unbranched alkanes of at least 4 members (excludes halogenated alkanes) is 1. The van der Waals surface area contributed by atoms with Crippen molar-refractivity contribution >= 4 is 133 Å². The third-order valence-corrected chi connectivity index (χ3v) is 7.43. The molecule has 3 radical (unpaired) electrons. The van der Waals surface area contributed by atoms with Gasteiger partial charge < -0.3 is 49.7 Å². The maximum absolute atomic E-state index is 8.81. The second kappa shape index (κ2) is 256. The molecule has 0 saturated heterocycles. The largest absolute Gasteiger partial charge is 1.00 e. The van der Waals surface area contributed by atoms with Crippen molar-refractivity contribution in [1.82, 2.24) is 0 Å². The molecule has 0 bridgehead atoms. The summed E-state index contributed by atoms with van der Waals surface area (Å²) < 4.78 is 4.54. The van der Waals surface area contributed by atoms with E-state index in [-0.39, 0.29) is 208 Å². The summed E-state index contributed by atoms with van der Waals surface area (Å²) in [5.74, 6) is 0. The number of ether oxygens (including phenoxy) is 1. The third-order valence-electron chi connectivity index (χ3n) is 0.765. The number of rotatable bonds is 4. The third kappa shape index (κ3) is 912. The smallest absolute Gasteiger partial charge is 1.00 e. The van der Waals surface area contributed by atoms with Crippen LogP contribution in [0.4, 0.5) is 0 Å². The first kappa shape index (κ1) is 124. The second-order valence-corrected chi connectivity index (χ2v) is 19.1. The van der Waals surface area contributed by atoms with E-state index in [1.165, 1.54) is 20.2 Å². The average Bonchev–Trinajstić information content (AvgIpc) is 2.98. The molecule has 0 saturated carbocycles. The standard InChI is InChI=1S/C4H9.C3H8O.C2H5Br.C2H6O.C2H4O.2C2H6.CH5BO2.CH2O3.CH4O.B.BrH.4ClH.2K.Li.Na.H6P4.Pd.Zn.2H/c2*1-3-4-2;3*1-2-3;2*1-2;1-2(3)4;2-1-4-3;1-2;;;;;;;;;;;1-3-4-2;;;;/h1,3-4H2,2H3;3H2,1-2H3;2H2,1H3;3H,2H2,1H3;2H,1H3;2*1-2H3;3-4H,1H3;1,3H;2H,1H3;;5*1H;;;;;3-4H,1-2H2;;;;/q-1;;;;;;;;;;;;;;;;4*+1;;2*+2;2*-1/p-5. The Morgan fingerprint density at radius 1 is 1.04 bits per heavy atom. The summed E-state index contributed by atoms with van der Waals surface area (Å²) in [5, 5.41) is 39.3. The molecule has 27 heteroatoms. The average molecular weight is 1170 g/mol. The summed E-state index contributed by atoms with van der Waals surface area (Å²) >= 11 is 2.11. The van der Waals surface area contributed by atoms with Crippen LogP contribution in [0.25, 0.3) is 0 Å². The van der Waals surface area contributed by atoms with E-state index in [1.54, 1.807) is 14.0 Å². The van der Waals surface area contributed by atoms with Gasteiger partial charge in [-0.2, -0.15) is 6.42 Å². The van der Waals surface area contributed by atoms with Crippen molar-refractivity contribution < 1.29 is 230 Å². The van der Waals surface area contributed by atoms with Gasteiger partial charge >= 0.3 is 228 Å². The minimum absolute atomic E-state index is 0. The van der Waals surface area contributed by atoms with Crippen LogP contribution < -0.4 is 156 Å². The van der Waals surface area contributed by atoms with Crippen molar-refractivity contribution in [3.05, 3.63) is 6.92 Å². The maximum atomic E-state index is 8.81. The Kier molecular flexibility index (Phi) is 675. The molecule has 4 atom stereocenters. The summed E-state index contributed by atoms with van der Waals surface area (Å²) in [6.45, 7) is 23.0. The number of aliphatic hydroxyl groups excluding tert-OH is 2. The molecule has 0 heterocycles. The molecule has 0 aromatic heterocycles. The van der Waals surface area contributed by atoms with Gasteiger partial charge in [-0.3, -0.25) is 4.79 Å². The molecule has 0 aromatic rings. The van der Waals surface area contributed by atoms with E-state index in [0.717, 1.165) is 47.7 Å². The van der Waals surface area contributed by atoms with E-state index in [4.69, 9.17) is 73.5 Å². The minimum Gasteiger partial charge on any atom is -1.00 e. The molecule has 0 aliphatic rings. The zero-order valence-electron chi connectivity index (χ0n) is 33.9. The van der Waals surface area contributed by atoms with Gasteiger partial charge in [-0.1, -0.05) is 79.8 Å². The maximum Gasteiger partial charge on any atom is 1.00 e. The molecule has 0 amide bonds. The van der Waals surface area contributed by atoms with E-state index in [2.05, 4.69) is 57.3 Å². The molecule has 0 rings (SSSR count). The first-order valence-corrected chi connectivity index (χ1v) is 31.2. The first-order valence-electron chi connectivity index (χ1n) is 11.7. The molecule has 47 heavy (non-hydrogen) atoms. The van der Waals surface area contributed by atoms with Crippen molar-refractivity contribution in [3.63, 3.8) is 0 Å². The predicted octanol–water partition coefficient (Wildman–Crippen LogP) is -3.91. The summed E-state index contributed by atoms with van der Waals surface area (Å²) in [6.07, 6.45) is 3.03. The SMILES string of the molecule is Br.CB(O)O.CC.CC.CC=O.CCBr.CCO.CCOC.CO.O=CO[O-].PPPP.[B].[CH2-]CCC.[Cl][Pd][Cl].[Cl][Zn][Cl].[H-].[H-].[K+].[K+].[Li+].[Na+]. The van der Waals surface area contributed by atoms with Gasteiger partial charge in [-0.15, -0.1) is 34.8 Å². The van der Waals surface area contributed by atoms with Crippen LogP contribution >= 0.6 is 105 Å². The van der Waals surface area contributed by atoms with Gasteiger partial charge in [0.25, 0.3) is 6.47 Å². The molecular formula is C20H63B2Br2Cl4K2LiNaO9P4PdZn. The Bertz CT molecular complexity index is 277. The van der Waals surface area contributed by atoms with Crippen LogP contribution in [0.5, 0.6) is 0 Å². The van der Waals surface area contributed by atoms with Crippen LogP contribution in [0.3, 0.4) is 0 Å². The Balaban J connectivity index is -0.00000000906. The van der Waals surface area contributed by atoms with Gasteiger partial charge in [-0.25, -0.2) is 0 Å². The number of aldehydes is 1. The number of alkyl halides is 1. The molecule has 0 spiro atoms. The Labute approximate surface area is 475 Å². The zero-order chi connectivity index (χ0) is 36.8. The summed E-state index contributed by atoms with van der Waals surface area (Å²) in [7, 11) is 28.5. The van der Waals surface area contributed by atoms with Crippen molar-refractivity contribution in [2.24, 2.45) is 0 Å². The Morgan fingerprint density at radius 2 is 1.13 bits per heavy atom. The predicted molar refractivity (Wildman–Crippen MR) is 214 cm³/mol. The van der Waals surface area contributed by atoms with E-state index in [0.29, 0.717) is 0 Å². The number of methoxy groups -OCH3 is 1. The number of hydrogen-bond acceptors (Lipinski definition) is 9. The van der Waals surface area contributed by atoms with Gasteiger partial charge in [0.05, 0.1) is 0 Å². The van der Waals surface area contributed by atoms with E-state index in [9.17, 15) is 0 Å². The van der Waals surface area contributed by atoms with Crippen LogP contribution in [-0.4, -0.2) is 81.3 Å². The molecule has 0 aliphatic carbocycles. The van der Waals surface area contributed by atoms with Crippen molar-refractivity contribution in [3.8, 4) is 0 Å². The van der Waals surface area contributed by atoms with Gasteiger partial charge in [0.1, 0.15) is 6.29 Å². The number of halogens is 6. The minimum atomic E-state index is -1.17. The van der Waals surface area contributed by atoms with Gasteiger partial charge in [-0.05, 0) is 27.6 Å². The first-order chi connectivity index (χ1) is 19.5. The van der Waals surface area contributed by atoms with Crippen LogP contribution in [0.1, 0.15) is 78.0 Å². The van der Waals surface area contributed by atoms with Gasteiger partial charge in [0.2, 0.25) is 0 Å². The zero-order valence-corrected chi connectivity index (χ0v) is 55.3. The monoisotopic (exact) mass is 1170 g/mol. The molecular weight excluding hydrogens is 1110 g/mol. The molecule has 281 valence electrons. The van der Waals surface area contributed by atoms with Crippen LogP contribution in [0, 0.1) is 6.92 Å². The van der Waals surface area contributed by atoms with Gasteiger partial charge in [0, 0.05) is 41.2 Å². The summed E-state index contributed by atoms with van der Waals surface area (Å²) in [4.78, 5) is 20.1. The number of carbonyl (C=O) groups excluding carboxylic acids is 2. The normalized spacial score (nSPS) is 5.55. The number of hydrogen-bond donors (Lipinski definition) is 4. The number of aliphatic hydroxyl groups is 2. The summed E-state index contributed by atoms with van der Waals surface area (Å²) in [6, 6.07) is 0. The fourth-order valence-electron chi connectivity index (χ4n) is 0. The van der Waals surface area contributed by atoms with Gasteiger partial charge in [0.15, 0.2) is 0 Å². The Hall–Kier alpha value is 9.03. The Morgan fingerprint density at radius 3 is 1.13 bits per heavy atom. The fourth-order valence-corrected chi connectivity index (χ4v) is 0. The molecule has 4 unspecified atom stereocenters. The molecule has 0 aromatic carbocycles. The van der Waals surface area contributed by atoms with Crippen LogP contribution in [-0.2, 0) is 50.3 Å². The molecule has 9 nitrogen and oxygen atoms in total. The quantitative estimate of drug-likeness (QED) is 0.0421. The fraction of sp³-hybridized carbons (Fsp3) is 0.850. The molecule has 0 fully saturated rings. The van der Waals surface area contributed by atoms with E-state index < -0.39 is 22.3 Å². The van der Waals surface area contributed by atoms with E-state index >= 15 is 0 Å². The van der Waals surface area contributed by atoms with Crippen LogP contribution in [0.15, 0.2) is 0 Å². The van der Waals surface area contributed by atoms with Crippen LogP contribution in [0.2, 0.25) is 6.82 Å². The topological polar surface area (TPSA) is 157 Å². The molecule has 0 aliphatic heterocycles. The van der Waals surface area contributed by atoms with Crippen molar-refractivity contribution in [1.29, 1.82) is 0 Å². The van der Waals surface area contributed by atoms with Crippen molar-refractivity contribution in [2.75, 3.05) is 32.8 Å². The molecule has 4 N–H and O–H groups in total. The second-order valence-electron chi connectivity index (χ2n) is 3.51. The number of carbonyl (C=O) groups is 2.